The summed E-state index contributed by atoms with van der Waals surface area (Å²) >= 11 is 0. The number of carbonyl (C=O) groups is 1. The molecule has 1 saturated carbocycles. The fourth-order valence-corrected chi connectivity index (χ4v) is 7.21. The number of hydrogen-bond acceptors (Lipinski definition) is 8. The summed E-state index contributed by atoms with van der Waals surface area (Å²) in [6.07, 6.45) is 1.42. The smallest absolute Gasteiger partial charge is 0.264 e. The summed E-state index contributed by atoms with van der Waals surface area (Å²) in [6, 6.07) is 12.8. The SMILES string of the molecule is Cc1cccc(C)c1-c1cc2nc(n1)NS(=O)(=O)c1cccc(c1)C(=O)N(C1CC(CO)(CO)C1)[C@H](CC(C)(C)C)CO2. The Morgan fingerprint density at radius 3 is 2.30 bits per heavy atom. The summed E-state index contributed by atoms with van der Waals surface area (Å²) in [4.78, 5) is 24.9. The zero-order valence-electron chi connectivity index (χ0n) is 25.3. The molecular weight excluding hydrogens is 568 g/mol. The third kappa shape index (κ3) is 6.39. The number of aliphatic hydroxyl groups is 2. The molecule has 1 amide bonds. The predicted molar refractivity (Wildman–Crippen MR) is 163 cm³/mol. The van der Waals surface area contributed by atoms with E-state index in [9.17, 15) is 23.4 Å². The van der Waals surface area contributed by atoms with Crippen LogP contribution in [0.1, 0.15) is 61.5 Å². The second-order valence-corrected chi connectivity index (χ2v) is 14.8. The van der Waals surface area contributed by atoms with Gasteiger partial charge in [0.05, 0.1) is 29.8 Å². The second kappa shape index (κ2) is 11.5. The summed E-state index contributed by atoms with van der Waals surface area (Å²) in [7, 11) is -4.17. The maximum Gasteiger partial charge on any atom is 0.264 e. The molecule has 10 nitrogen and oxygen atoms in total. The average Bonchev–Trinajstić information content (AvgIpc) is 2.91. The number of amides is 1. The molecule has 2 aliphatic rings. The van der Waals surface area contributed by atoms with Gasteiger partial charge in [0.15, 0.2) is 0 Å². The molecule has 2 heterocycles. The van der Waals surface area contributed by atoms with Crippen molar-refractivity contribution in [3.8, 4) is 17.1 Å². The normalized spacial score (nSPS) is 20.1. The zero-order chi connectivity index (χ0) is 31.2. The maximum absolute atomic E-state index is 14.2. The standard InChI is InChI=1S/C32H40N4O6S/c1-20-8-6-9-21(2)28(20)26-13-27-34-30(33-26)35-43(40,41)25-11-7-10-22(12-25)29(39)36(23-15-32(16-23,18-37)19-38)24(17-42-27)14-31(3,4)5/h6-13,23-24,37-38H,14-19H2,1-5H3,(H,33,34,35)/t24-/m1/s1. The van der Waals surface area contributed by atoms with Gasteiger partial charge in [-0.05, 0) is 67.9 Å². The molecule has 4 bridgehead atoms. The van der Waals surface area contributed by atoms with E-state index in [0.717, 1.165) is 16.7 Å². The van der Waals surface area contributed by atoms with Crippen molar-refractivity contribution in [2.75, 3.05) is 24.5 Å². The lowest BCUT2D eigenvalue weighted by atomic mass is 9.65. The molecule has 0 saturated heterocycles. The van der Waals surface area contributed by atoms with E-state index >= 15 is 0 Å². The van der Waals surface area contributed by atoms with Gasteiger partial charge in [0, 0.05) is 28.7 Å². The minimum Gasteiger partial charge on any atom is -0.475 e. The van der Waals surface area contributed by atoms with Gasteiger partial charge in [0.1, 0.15) is 6.61 Å². The number of aliphatic hydroxyl groups excluding tert-OH is 2. The van der Waals surface area contributed by atoms with Crippen LogP contribution in [0.2, 0.25) is 0 Å². The van der Waals surface area contributed by atoms with Gasteiger partial charge in [-0.3, -0.25) is 4.79 Å². The van der Waals surface area contributed by atoms with Crippen molar-refractivity contribution >= 4 is 21.9 Å². The van der Waals surface area contributed by atoms with Crippen LogP contribution in [0.5, 0.6) is 5.88 Å². The monoisotopic (exact) mass is 608 g/mol. The van der Waals surface area contributed by atoms with Crippen molar-refractivity contribution in [3.05, 3.63) is 65.2 Å². The van der Waals surface area contributed by atoms with Gasteiger partial charge in [0.25, 0.3) is 15.9 Å². The Balaban J connectivity index is 1.66. The van der Waals surface area contributed by atoms with Crippen LogP contribution in [0.25, 0.3) is 11.3 Å². The number of nitrogens with one attached hydrogen (secondary N) is 1. The van der Waals surface area contributed by atoms with E-state index in [1.54, 1.807) is 23.1 Å². The molecular formula is C32H40N4O6S. The average molecular weight is 609 g/mol. The van der Waals surface area contributed by atoms with E-state index in [2.05, 4.69) is 35.5 Å². The minimum absolute atomic E-state index is 0.0952. The van der Waals surface area contributed by atoms with Gasteiger partial charge >= 0.3 is 0 Å². The number of carbonyl (C=O) groups excluding carboxylic acids is 1. The highest BCUT2D eigenvalue weighted by Gasteiger charge is 2.49. The molecule has 0 spiro atoms. The summed E-state index contributed by atoms with van der Waals surface area (Å²) in [6.45, 7) is 9.90. The molecule has 3 N–H and O–H groups in total. The van der Waals surface area contributed by atoms with Crippen LogP contribution in [-0.2, 0) is 10.0 Å². The number of rotatable bonds is 5. The lowest BCUT2D eigenvalue weighted by Crippen LogP contribution is -2.60. The van der Waals surface area contributed by atoms with Gasteiger partial charge in [-0.1, -0.05) is 45.0 Å². The van der Waals surface area contributed by atoms with Crippen LogP contribution in [0.4, 0.5) is 5.95 Å². The van der Waals surface area contributed by atoms with Crippen molar-refractivity contribution < 1.29 is 28.2 Å². The fraction of sp³-hybridized carbons (Fsp3) is 0.469. The van der Waals surface area contributed by atoms with E-state index in [1.165, 1.54) is 12.1 Å². The van der Waals surface area contributed by atoms with Crippen molar-refractivity contribution in [3.63, 3.8) is 0 Å². The lowest BCUT2D eigenvalue weighted by Gasteiger charge is -2.52. The van der Waals surface area contributed by atoms with Crippen LogP contribution >= 0.6 is 0 Å². The first-order chi connectivity index (χ1) is 20.2. The number of benzene rings is 2. The van der Waals surface area contributed by atoms with E-state index in [4.69, 9.17) is 4.74 Å². The third-order valence-corrected chi connectivity index (χ3v) is 9.68. The Hall–Kier alpha value is -3.54. The zero-order valence-corrected chi connectivity index (χ0v) is 26.1. The number of sulfonamides is 1. The molecule has 1 aliphatic heterocycles. The van der Waals surface area contributed by atoms with E-state index in [0.29, 0.717) is 25.0 Å². The molecule has 1 aliphatic carbocycles. The molecule has 3 aromatic rings. The van der Waals surface area contributed by atoms with Crippen molar-refractivity contribution in [1.82, 2.24) is 14.9 Å². The third-order valence-electron chi connectivity index (χ3n) is 8.36. The molecule has 0 radical (unpaired) electrons. The summed E-state index contributed by atoms with van der Waals surface area (Å²) in [5.41, 5.74) is 2.65. The largest absolute Gasteiger partial charge is 0.475 e. The molecule has 1 fully saturated rings. The highest BCUT2D eigenvalue weighted by Crippen LogP contribution is 2.45. The summed E-state index contributed by atoms with van der Waals surface area (Å²) < 4.78 is 35.9. The quantitative estimate of drug-likeness (QED) is 0.389. The fourth-order valence-electron chi connectivity index (χ4n) is 6.22. The van der Waals surface area contributed by atoms with Crippen LogP contribution in [0.3, 0.4) is 0 Å². The molecule has 1 atom stereocenters. The number of aryl methyl sites for hydroxylation is 2. The molecule has 1 aromatic heterocycles. The minimum atomic E-state index is -4.17. The first-order valence-corrected chi connectivity index (χ1v) is 16.0. The second-order valence-electron chi connectivity index (χ2n) is 13.1. The predicted octanol–water partition coefficient (Wildman–Crippen LogP) is 4.33. The van der Waals surface area contributed by atoms with Crippen LogP contribution in [0.15, 0.2) is 53.4 Å². The maximum atomic E-state index is 14.2. The number of hydrogen-bond donors (Lipinski definition) is 3. The topological polar surface area (TPSA) is 142 Å². The van der Waals surface area contributed by atoms with E-state index in [-0.39, 0.29) is 59.5 Å². The van der Waals surface area contributed by atoms with Crippen LogP contribution in [0, 0.1) is 24.7 Å². The van der Waals surface area contributed by atoms with Gasteiger partial charge in [-0.25, -0.2) is 18.1 Å². The molecule has 2 aromatic carbocycles. The number of aromatic nitrogens is 2. The van der Waals surface area contributed by atoms with Gasteiger partial charge in [-0.15, -0.1) is 0 Å². The Morgan fingerprint density at radius 2 is 1.67 bits per heavy atom. The number of nitrogens with zero attached hydrogens (tertiary/aromatic N) is 3. The number of ether oxygens (including phenoxy) is 1. The lowest BCUT2D eigenvalue weighted by molar-refractivity contribution is -0.0769. The highest BCUT2D eigenvalue weighted by molar-refractivity contribution is 7.92. The van der Waals surface area contributed by atoms with Gasteiger partial charge < -0.3 is 19.8 Å². The Kier molecular flexibility index (Phi) is 8.28. The van der Waals surface area contributed by atoms with Crippen LogP contribution in [-0.4, -0.2) is 71.3 Å². The van der Waals surface area contributed by atoms with Crippen LogP contribution < -0.4 is 9.46 Å². The summed E-state index contributed by atoms with van der Waals surface area (Å²) in [5.74, 6) is -0.293. The highest BCUT2D eigenvalue weighted by atomic mass is 32.2. The molecule has 5 rings (SSSR count). The first kappa shape index (κ1) is 30.9. The molecule has 230 valence electrons. The Labute approximate surface area is 253 Å². The summed E-state index contributed by atoms with van der Waals surface area (Å²) in [5, 5.41) is 20.0. The molecule has 11 heteroatoms. The molecule has 0 unspecified atom stereocenters. The first-order valence-electron chi connectivity index (χ1n) is 14.5. The Bertz CT molecular complexity index is 1600. The Morgan fingerprint density at radius 1 is 1.02 bits per heavy atom. The van der Waals surface area contributed by atoms with Gasteiger partial charge in [-0.2, -0.15) is 4.98 Å². The van der Waals surface area contributed by atoms with Gasteiger partial charge in [0.2, 0.25) is 11.8 Å². The number of anilines is 1. The van der Waals surface area contributed by atoms with E-state index in [1.807, 2.05) is 32.0 Å². The van der Waals surface area contributed by atoms with E-state index < -0.39 is 21.5 Å². The van der Waals surface area contributed by atoms with Crippen molar-refractivity contribution in [2.45, 2.75) is 70.9 Å². The van der Waals surface area contributed by atoms with Crippen molar-refractivity contribution in [1.29, 1.82) is 0 Å². The molecule has 43 heavy (non-hydrogen) atoms. The number of fused-ring (bicyclic) bond motifs is 4. The van der Waals surface area contributed by atoms with Crippen molar-refractivity contribution in [2.24, 2.45) is 10.8 Å².